The number of nitrogens with one attached hydrogen (secondary N) is 3. The van der Waals surface area contributed by atoms with Gasteiger partial charge in [0.25, 0.3) is 0 Å². The fourth-order valence-corrected chi connectivity index (χ4v) is 2.78. The van der Waals surface area contributed by atoms with Gasteiger partial charge in [-0.15, -0.1) is 24.0 Å². The second kappa shape index (κ2) is 15.3. The van der Waals surface area contributed by atoms with E-state index in [0.717, 1.165) is 51.2 Å². The van der Waals surface area contributed by atoms with E-state index in [2.05, 4.69) is 28.0 Å². The third-order valence-corrected chi connectivity index (χ3v) is 4.13. The molecule has 174 valence electrons. The summed E-state index contributed by atoms with van der Waals surface area (Å²) in [5, 5.41) is 13.8. The van der Waals surface area contributed by atoms with Crippen LogP contribution in [0.1, 0.15) is 65.9 Å². The molecule has 0 aliphatic heterocycles. The van der Waals surface area contributed by atoms with Crippen molar-refractivity contribution in [2.75, 3.05) is 19.6 Å². The van der Waals surface area contributed by atoms with Crippen LogP contribution in [0.3, 0.4) is 0 Å². The first-order valence-electron chi connectivity index (χ1n) is 10.7. The van der Waals surface area contributed by atoms with E-state index in [1.54, 1.807) is 0 Å². The highest BCUT2D eigenvalue weighted by atomic mass is 127. The van der Waals surface area contributed by atoms with Crippen LogP contribution in [0.4, 0.5) is 4.79 Å². The Morgan fingerprint density at radius 3 is 2.57 bits per heavy atom. The minimum Gasteiger partial charge on any atom is -0.444 e. The smallest absolute Gasteiger partial charge is 0.407 e. The summed E-state index contributed by atoms with van der Waals surface area (Å²) in [6, 6.07) is 0.0959. The van der Waals surface area contributed by atoms with Gasteiger partial charge in [0.2, 0.25) is 0 Å². The molecule has 1 heterocycles. The molecule has 9 heteroatoms. The summed E-state index contributed by atoms with van der Waals surface area (Å²) < 4.78 is 7.16. The molecule has 0 aromatic carbocycles. The van der Waals surface area contributed by atoms with Gasteiger partial charge in [0.05, 0.1) is 6.20 Å². The number of alkyl carbamates (subject to hydrolysis) is 1. The van der Waals surface area contributed by atoms with E-state index in [-0.39, 0.29) is 36.1 Å². The van der Waals surface area contributed by atoms with E-state index in [9.17, 15) is 4.79 Å². The number of hydrogen-bond donors (Lipinski definition) is 3. The van der Waals surface area contributed by atoms with Crippen molar-refractivity contribution in [1.29, 1.82) is 0 Å². The van der Waals surface area contributed by atoms with E-state index in [1.165, 1.54) is 5.56 Å². The fourth-order valence-electron chi connectivity index (χ4n) is 2.78. The number of carbonyl (C=O) groups excluding carboxylic acids is 1. The zero-order valence-corrected chi connectivity index (χ0v) is 21.8. The lowest BCUT2D eigenvalue weighted by molar-refractivity contribution is 0.0522. The second-order valence-corrected chi connectivity index (χ2v) is 8.25. The van der Waals surface area contributed by atoms with Crippen molar-refractivity contribution in [3.05, 3.63) is 18.0 Å². The van der Waals surface area contributed by atoms with Crippen LogP contribution in [0.15, 0.2) is 17.4 Å². The summed E-state index contributed by atoms with van der Waals surface area (Å²) in [6.07, 6.45) is 8.59. The molecule has 0 radical (unpaired) electrons. The maximum Gasteiger partial charge on any atom is 0.407 e. The number of unbranched alkanes of at least 4 members (excludes halogenated alkanes) is 1. The minimum atomic E-state index is -0.499. The molecule has 1 aromatic heterocycles. The number of aromatic nitrogens is 2. The first kappa shape index (κ1) is 28.5. The van der Waals surface area contributed by atoms with E-state index in [4.69, 9.17) is 9.73 Å². The highest BCUT2D eigenvalue weighted by Gasteiger charge is 2.18. The number of guanidine groups is 1. The number of aliphatic imine (C=N–C) groups is 1. The largest absolute Gasteiger partial charge is 0.444 e. The third-order valence-electron chi connectivity index (χ3n) is 4.13. The molecule has 8 nitrogen and oxygen atoms in total. The molecule has 1 unspecified atom stereocenters. The Morgan fingerprint density at radius 2 is 2.00 bits per heavy atom. The SMILES string of the molecule is CCCCC(CNC(=O)OC(C)(C)C)NC(=NCCCc1cnn(C)c1)NCC.I. The number of halogens is 1. The summed E-state index contributed by atoms with van der Waals surface area (Å²) in [7, 11) is 1.93. The number of carbonyl (C=O) groups is 1. The lowest BCUT2D eigenvalue weighted by atomic mass is 10.1. The lowest BCUT2D eigenvalue weighted by Crippen LogP contribution is -2.49. The number of nitrogens with zero attached hydrogens (tertiary/aromatic N) is 3. The molecule has 0 fully saturated rings. The van der Waals surface area contributed by atoms with E-state index in [1.807, 2.05) is 51.8 Å². The van der Waals surface area contributed by atoms with Crippen molar-refractivity contribution in [3.63, 3.8) is 0 Å². The predicted molar refractivity (Wildman–Crippen MR) is 134 cm³/mol. The maximum atomic E-state index is 12.0. The second-order valence-electron chi connectivity index (χ2n) is 8.25. The number of aryl methyl sites for hydroxylation is 2. The fraction of sp³-hybridized carbons (Fsp3) is 0.762. The van der Waals surface area contributed by atoms with Gasteiger partial charge in [-0.25, -0.2) is 4.79 Å². The van der Waals surface area contributed by atoms with Crippen LogP contribution in [-0.4, -0.2) is 53.1 Å². The van der Waals surface area contributed by atoms with E-state index >= 15 is 0 Å². The molecule has 3 N–H and O–H groups in total. The number of ether oxygens (including phenoxy) is 1. The molecular weight excluding hydrogens is 495 g/mol. The van der Waals surface area contributed by atoms with Crippen molar-refractivity contribution >= 4 is 36.0 Å². The van der Waals surface area contributed by atoms with Gasteiger partial charge in [-0.1, -0.05) is 19.8 Å². The zero-order valence-electron chi connectivity index (χ0n) is 19.5. The van der Waals surface area contributed by atoms with Crippen molar-refractivity contribution < 1.29 is 9.53 Å². The number of hydrogen-bond acceptors (Lipinski definition) is 4. The van der Waals surface area contributed by atoms with Crippen LogP contribution in [0.2, 0.25) is 0 Å². The molecule has 0 aliphatic carbocycles. The molecule has 1 rings (SSSR count). The molecule has 0 saturated carbocycles. The van der Waals surface area contributed by atoms with Crippen LogP contribution < -0.4 is 16.0 Å². The molecule has 1 aromatic rings. The minimum absolute atomic E-state index is 0. The van der Waals surface area contributed by atoms with Crippen LogP contribution >= 0.6 is 24.0 Å². The molecule has 0 saturated heterocycles. The van der Waals surface area contributed by atoms with Gasteiger partial charge in [0.1, 0.15) is 5.60 Å². The molecule has 0 spiro atoms. The summed E-state index contributed by atoms with van der Waals surface area (Å²) >= 11 is 0. The third kappa shape index (κ3) is 13.7. The average molecular weight is 537 g/mol. The van der Waals surface area contributed by atoms with E-state index in [0.29, 0.717) is 6.54 Å². The van der Waals surface area contributed by atoms with Gasteiger partial charge in [0, 0.05) is 38.9 Å². The monoisotopic (exact) mass is 536 g/mol. The summed E-state index contributed by atoms with van der Waals surface area (Å²) in [4.78, 5) is 16.7. The molecular formula is C21H41IN6O2. The van der Waals surface area contributed by atoms with Crippen LogP contribution in [-0.2, 0) is 18.2 Å². The van der Waals surface area contributed by atoms with Crippen molar-refractivity contribution in [1.82, 2.24) is 25.7 Å². The lowest BCUT2D eigenvalue weighted by Gasteiger charge is -2.24. The van der Waals surface area contributed by atoms with Gasteiger partial charge in [-0.3, -0.25) is 9.67 Å². The standard InChI is InChI=1S/C21H40N6O2.HI/c1-7-9-12-18(15-24-20(28)29-21(3,4)5)26-19(22-8-2)23-13-10-11-17-14-25-27(6)16-17;/h14,16,18H,7-13,15H2,1-6H3,(H,24,28)(H2,22,23,26);1H. The van der Waals surface area contributed by atoms with E-state index < -0.39 is 5.60 Å². The van der Waals surface area contributed by atoms with Crippen LogP contribution in [0, 0.1) is 0 Å². The van der Waals surface area contributed by atoms with Crippen molar-refractivity contribution in [3.8, 4) is 0 Å². The summed E-state index contributed by atoms with van der Waals surface area (Å²) in [5.74, 6) is 0.783. The topological polar surface area (TPSA) is 92.6 Å². The van der Waals surface area contributed by atoms with Gasteiger partial charge in [-0.2, -0.15) is 5.10 Å². The van der Waals surface area contributed by atoms with Crippen molar-refractivity contribution in [2.45, 2.75) is 78.4 Å². The summed E-state index contributed by atoms with van der Waals surface area (Å²) in [6.45, 7) is 11.8. The maximum absolute atomic E-state index is 12.0. The number of amides is 1. The predicted octanol–water partition coefficient (Wildman–Crippen LogP) is 3.61. The zero-order chi connectivity index (χ0) is 21.7. The molecule has 0 aliphatic rings. The summed E-state index contributed by atoms with van der Waals surface area (Å²) in [5.41, 5.74) is 0.726. The Hall–Kier alpha value is -1.52. The quantitative estimate of drug-likeness (QED) is 0.174. The highest BCUT2D eigenvalue weighted by molar-refractivity contribution is 14.0. The van der Waals surface area contributed by atoms with Crippen LogP contribution in [0.25, 0.3) is 0 Å². The first-order valence-corrected chi connectivity index (χ1v) is 10.7. The molecule has 0 bridgehead atoms. The van der Waals surface area contributed by atoms with Crippen molar-refractivity contribution in [2.24, 2.45) is 12.0 Å². The Morgan fingerprint density at radius 1 is 1.27 bits per heavy atom. The molecule has 1 amide bonds. The molecule has 1 atom stereocenters. The van der Waals surface area contributed by atoms with Crippen LogP contribution in [0.5, 0.6) is 0 Å². The Labute approximate surface area is 199 Å². The molecule has 30 heavy (non-hydrogen) atoms. The Kier molecular flexibility index (Phi) is 14.5. The van der Waals surface area contributed by atoms with Gasteiger partial charge in [-0.05, 0) is 52.5 Å². The number of rotatable bonds is 11. The van der Waals surface area contributed by atoms with Gasteiger partial charge < -0.3 is 20.7 Å². The highest BCUT2D eigenvalue weighted by Crippen LogP contribution is 2.07. The van der Waals surface area contributed by atoms with Gasteiger partial charge >= 0.3 is 6.09 Å². The normalized spacial score (nSPS) is 12.7. The average Bonchev–Trinajstić information content (AvgIpc) is 3.04. The van der Waals surface area contributed by atoms with Gasteiger partial charge in [0.15, 0.2) is 5.96 Å². The Bertz CT molecular complexity index is 627. The first-order chi connectivity index (χ1) is 13.7. The Balaban J connectivity index is 0.00000841.